The zero-order valence-electron chi connectivity index (χ0n) is 13.4. The van der Waals surface area contributed by atoms with E-state index < -0.39 is 10.0 Å². The molecule has 2 rings (SSSR count). The minimum atomic E-state index is -3.68. The SMILES string of the molecule is NS(=O)(=O)c1ccc(CNC(=O)CCCCc2ccccc2)cc1. The van der Waals surface area contributed by atoms with Gasteiger partial charge in [-0.15, -0.1) is 0 Å². The summed E-state index contributed by atoms with van der Waals surface area (Å²) < 4.78 is 22.3. The number of unbranched alkanes of at least 4 members (excludes halogenated alkanes) is 1. The number of nitrogens with two attached hydrogens (primary N) is 1. The Hall–Kier alpha value is -2.18. The predicted molar refractivity (Wildman–Crippen MR) is 93.7 cm³/mol. The van der Waals surface area contributed by atoms with Crippen LogP contribution in [0, 0.1) is 0 Å². The van der Waals surface area contributed by atoms with Gasteiger partial charge in [0, 0.05) is 13.0 Å². The van der Waals surface area contributed by atoms with Crippen LogP contribution < -0.4 is 10.5 Å². The molecule has 0 aliphatic carbocycles. The molecule has 0 unspecified atom stereocenters. The molecule has 0 aliphatic rings. The van der Waals surface area contributed by atoms with Gasteiger partial charge in [0.1, 0.15) is 0 Å². The average Bonchev–Trinajstić information content (AvgIpc) is 2.57. The van der Waals surface area contributed by atoms with Crippen molar-refractivity contribution in [3.8, 4) is 0 Å². The van der Waals surface area contributed by atoms with Crippen molar-refractivity contribution in [2.24, 2.45) is 5.14 Å². The number of rotatable bonds is 8. The summed E-state index contributed by atoms with van der Waals surface area (Å²) in [4.78, 5) is 11.9. The van der Waals surface area contributed by atoms with Gasteiger partial charge < -0.3 is 5.32 Å². The molecule has 3 N–H and O–H groups in total. The molecule has 0 fully saturated rings. The van der Waals surface area contributed by atoms with Crippen molar-refractivity contribution in [1.82, 2.24) is 5.32 Å². The number of benzene rings is 2. The van der Waals surface area contributed by atoms with E-state index >= 15 is 0 Å². The van der Waals surface area contributed by atoms with E-state index in [1.54, 1.807) is 12.1 Å². The standard InChI is InChI=1S/C18H22N2O3S/c19-24(22,23)17-12-10-16(11-13-17)14-20-18(21)9-5-4-8-15-6-2-1-3-7-15/h1-3,6-7,10-13H,4-5,8-9,14H2,(H,20,21)(H2,19,22,23). The minimum absolute atomic E-state index is 0.00131. The number of hydrogen-bond acceptors (Lipinski definition) is 3. The average molecular weight is 346 g/mol. The van der Waals surface area contributed by atoms with Crippen LogP contribution in [0.2, 0.25) is 0 Å². The van der Waals surface area contributed by atoms with Crippen molar-refractivity contribution in [2.45, 2.75) is 37.1 Å². The van der Waals surface area contributed by atoms with Gasteiger partial charge in [-0.3, -0.25) is 4.79 Å². The molecule has 0 saturated heterocycles. The van der Waals surface area contributed by atoms with Gasteiger partial charge in [0.05, 0.1) is 4.90 Å². The maximum absolute atomic E-state index is 11.8. The van der Waals surface area contributed by atoms with Crippen LogP contribution in [0.15, 0.2) is 59.5 Å². The normalized spacial score (nSPS) is 11.2. The van der Waals surface area contributed by atoms with Crippen molar-refractivity contribution in [3.05, 3.63) is 65.7 Å². The van der Waals surface area contributed by atoms with E-state index in [4.69, 9.17) is 5.14 Å². The Balaban J connectivity index is 1.67. The van der Waals surface area contributed by atoms with E-state index in [1.807, 2.05) is 18.2 Å². The number of hydrogen-bond donors (Lipinski definition) is 2. The van der Waals surface area contributed by atoms with Gasteiger partial charge in [0.25, 0.3) is 0 Å². The highest BCUT2D eigenvalue weighted by Crippen LogP contribution is 2.09. The zero-order chi connectivity index (χ0) is 17.4. The number of amides is 1. The Morgan fingerprint density at radius 1 is 0.917 bits per heavy atom. The van der Waals surface area contributed by atoms with Crippen LogP contribution in [0.3, 0.4) is 0 Å². The summed E-state index contributed by atoms with van der Waals surface area (Å²) in [6.07, 6.45) is 3.27. The molecule has 5 nitrogen and oxygen atoms in total. The van der Waals surface area contributed by atoms with Crippen LogP contribution >= 0.6 is 0 Å². The summed E-state index contributed by atoms with van der Waals surface area (Å²) in [5.41, 5.74) is 2.12. The summed E-state index contributed by atoms with van der Waals surface area (Å²) in [5, 5.41) is 7.88. The predicted octanol–water partition coefficient (Wildman–Crippen LogP) is 2.36. The number of sulfonamides is 1. The van der Waals surface area contributed by atoms with Crippen LogP contribution in [0.1, 0.15) is 30.4 Å². The summed E-state index contributed by atoms with van der Waals surface area (Å²) in [6.45, 7) is 0.377. The third-order valence-corrected chi connectivity index (χ3v) is 4.63. The molecule has 1 amide bonds. The van der Waals surface area contributed by atoms with E-state index in [9.17, 15) is 13.2 Å². The summed E-state index contributed by atoms with van der Waals surface area (Å²) >= 11 is 0. The molecule has 0 aromatic heterocycles. The number of primary sulfonamides is 1. The van der Waals surface area contributed by atoms with E-state index in [0.717, 1.165) is 24.8 Å². The Morgan fingerprint density at radius 3 is 2.21 bits per heavy atom. The van der Waals surface area contributed by atoms with Crippen molar-refractivity contribution in [1.29, 1.82) is 0 Å². The van der Waals surface area contributed by atoms with Crippen molar-refractivity contribution in [2.75, 3.05) is 0 Å². The van der Waals surface area contributed by atoms with Gasteiger partial charge in [-0.1, -0.05) is 42.5 Å². The maximum Gasteiger partial charge on any atom is 0.238 e. The van der Waals surface area contributed by atoms with Crippen LogP contribution in [0.25, 0.3) is 0 Å². The van der Waals surface area contributed by atoms with Gasteiger partial charge in [-0.2, -0.15) is 0 Å². The molecule has 0 radical (unpaired) electrons. The highest BCUT2D eigenvalue weighted by atomic mass is 32.2. The molecule has 0 bridgehead atoms. The van der Waals surface area contributed by atoms with E-state index in [0.29, 0.717) is 13.0 Å². The lowest BCUT2D eigenvalue weighted by Crippen LogP contribution is -2.22. The van der Waals surface area contributed by atoms with Crippen molar-refractivity contribution in [3.63, 3.8) is 0 Å². The topological polar surface area (TPSA) is 89.3 Å². The molecular weight excluding hydrogens is 324 g/mol. The molecule has 0 saturated carbocycles. The third-order valence-electron chi connectivity index (χ3n) is 3.70. The van der Waals surface area contributed by atoms with Gasteiger partial charge in [-0.05, 0) is 42.5 Å². The molecule has 128 valence electrons. The van der Waals surface area contributed by atoms with E-state index in [1.165, 1.54) is 17.7 Å². The lowest BCUT2D eigenvalue weighted by atomic mass is 10.1. The van der Waals surface area contributed by atoms with Gasteiger partial charge in [-0.25, -0.2) is 13.6 Å². The van der Waals surface area contributed by atoms with Crippen molar-refractivity contribution < 1.29 is 13.2 Å². The van der Waals surface area contributed by atoms with E-state index in [2.05, 4.69) is 17.4 Å². The molecule has 6 heteroatoms. The highest BCUT2D eigenvalue weighted by molar-refractivity contribution is 7.89. The summed E-state index contributed by atoms with van der Waals surface area (Å²) in [6, 6.07) is 16.4. The second kappa shape index (κ2) is 8.61. The minimum Gasteiger partial charge on any atom is -0.352 e. The number of carbonyl (C=O) groups is 1. The van der Waals surface area contributed by atoms with Crippen molar-refractivity contribution >= 4 is 15.9 Å². The smallest absolute Gasteiger partial charge is 0.238 e. The Kier molecular flexibility index (Phi) is 6.52. The molecule has 0 aliphatic heterocycles. The van der Waals surface area contributed by atoms with Crippen LogP contribution in [-0.4, -0.2) is 14.3 Å². The second-order valence-electron chi connectivity index (χ2n) is 5.66. The first kappa shape index (κ1) is 18.2. The molecule has 0 atom stereocenters. The van der Waals surface area contributed by atoms with Crippen LogP contribution in [0.4, 0.5) is 0 Å². The van der Waals surface area contributed by atoms with Crippen LogP contribution in [0.5, 0.6) is 0 Å². The number of carbonyl (C=O) groups excluding carboxylic acids is 1. The Labute approximate surface area is 142 Å². The third kappa shape index (κ3) is 6.14. The molecule has 24 heavy (non-hydrogen) atoms. The first-order valence-corrected chi connectivity index (χ1v) is 9.42. The van der Waals surface area contributed by atoms with E-state index in [-0.39, 0.29) is 10.8 Å². The largest absolute Gasteiger partial charge is 0.352 e. The molecule has 2 aromatic rings. The fraction of sp³-hybridized carbons (Fsp3) is 0.278. The maximum atomic E-state index is 11.8. The fourth-order valence-corrected chi connectivity index (χ4v) is 2.86. The number of nitrogens with one attached hydrogen (secondary N) is 1. The van der Waals surface area contributed by atoms with Gasteiger partial charge >= 0.3 is 0 Å². The quantitative estimate of drug-likeness (QED) is 0.719. The second-order valence-corrected chi connectivity index (χ2v) is 7.22. The molecule has 0 spiro atoms. The monoisotopic (exact) mass is 346 g/mol. The first-order chi connectivity index (χ1) is 11.4. The van der Waals surface area contributed by atoms with Gasteiger partial charge in [0.2, 0.25) is 15.9 Å². The molecule has 0 heterocycles. The highest BCUT2D eigenvalue weighted by Gasteiger charge is 2.07. The Morgan fingerprint density at radius 2 is 1.58 bits per heavy atom. The Bertz CT molecular complexity index is 757. The number of aryl methyl sites for hydroxylation is 1. The lowest BCUT2D eigenvalue weighted by Gasteiger charge is -2.06. The van der Waals surface area contributed by atoms with Gasteiger partial charge in [0.15, 0.2) is 0 Å². The zero-order valence-corrected chi connectivity index (χ0v) is 14.3. The molecular formula is C18H22N2O3S. The summed E-state index contributed by atoms with van der Waals surface area (Å²) in [7, 11) is -3.68. The first-order valence-electron chi connectivity index (χ1n) is 7.87. The lowest BCUT2D eigenvalue weighted by molar-refractivity contribution is -0.121. The summed E-state index contributed by atoms with van der Waals surface area (Å²) in [5.74, 6) is -0.00131. The van der Waals surface area contributed by atoms with Crippen LogP contribution in [-0.2, 0) is 27.8 Å². The fourth-order valence-electron chi connectivity index (χ4n) is 2.35. The molecule has 2 aromatic carbocycles.